The zero-order valence-corrected chi connectivity index (χ0v) is 10.4. The van der Waals surface area contributed by atoms with Crippen LogP contribution < -0.4 is 10.5 Å². The van der Waals surface area contributed by atoms with Gasteiger partial charge in [0, 0.05) is 5.56 Å². The van der Waals surface area contributed by atoms with Gasteiger partial charge in [0.15, 0.2) is 6.61 Å². The number of esters is 2. The predicted molar refractivity (Wildman–Crippen MR) is 61.9 cm³/mol. The molecule has 1 rings (SSSR count). The van der Waals surface area contributed by atoms with Crippen LogP contribution in [0.3, 0.4) is 0 Å². The van der Waals surface area contributed by atoms with Crippen LogP contribution in [-0.4, -0.2) is 32.8 Å². The minimum Gasteiger partial charge on any atom is -0.481 e. The molecule has 0 spiro atoms. The van der Waals surface area contributed by atoms with Crippen LogP contribution in [0.4, 0.5) is 0 Å². The Balaban J connectivity index is 2.95. The quantitative estimate of drug-likeness (QED) is 0.733. The number of carbonyl (C=O) groups excluding carboxylic acids is 2. The highest BCUT2D eigenvalue weighted by Gasteiger charge is 2.15. The molecule has 0 saturated carbocycles. The van der Waals surface area contributed by atoms with Gasteiger partial charge in [0.1, 0.15) is 11.3 Å². The van der Waals surface area contributed by atoms with Crippen LogP contribution in [-0.2, 0) is 20.8 Å². The van der Waals surface area contributed by atoms with Crippen molar-refractivity contribution < 1.29 is 29.5 Å². The molecule has 0 unspecified atom stereocenters. The summed E-state index contributed by atoms with van der Waals surface area (Å²) in [7, 11) is 2.54. The molecular formula is C12H16NO5+. The van der Waals surface area contributed by atoms with Crippen molar-refractivity contribution in [3.05, 3.63) is 29.3 Å². The van der Waals surface area contributed by atoms with Gasteiger partial charge in [0.2, 0.25) is 0 Å². The predicted octanol–water partition coefficient (Wildman–Crippen LogP) is -0.233. The van der Waals surface area contributed by atoms with E-state index in [1.165, 1.54) is 14.2 Å². The van der Waals surface area contributed by atoms with Crippen molar-refractivity contribution in [2.45, 2.75) is 6.54 Å². The summed E-state index contributed by atoms with van der Waals surface area (Å²) in [5.74, 6) is -0.762. The summed E-state index contributed by atoms with van der Waals surface area (Å²) in [5.41, 5.74) is 4.87. The van der Waals surface area contributed by atoms with Gasteiger partial charge in [-0.3, -0.25) is 0 Å². The number of hydrogen-bond acceptors (Lipinski definition) is 5. The normalized spacial score (nSPS) is 9.72. The topological polar surface area (TPSA) is 89.5 Å². The van der Waals surface area contributed by atoms with Gasteiger partial charge < -0.3 is 19.9 Å². The maximum atomic E-state index is 11.6. The Morgan fingerprint density at radius 3 is 2.50 bits per heavy atom. The second kappa shape index (κ2) is 6.61. The van der Waals surface area contributed by atoms with E-state index >= 15 is 0 Å². The zero-order chi connectivity index (χ0) is 13.5. The van der Waals surface area contributed by atoms with Crippen LogP contribution in [0.2, 0.25) is 0 Å². The van der Waals surface area contributed by atoms with Crippen LogP contribution in [0, 0.1) is 0 Å². The number of rotatable bonds is 5. The summed E-state index contributed by atoms with van der Waals surface area (Å²) in [6, 6.07) is 5.01. The first kappa shape index (κ1) is 14.0. The number of hydrogen-bond donors (Lipinski definition) is 1. The molecule has 0 fully saturated rings. The molecule has 0 amide bonds. The highest BCUT2D eigenvalue weighted by molar-refractivity contribution is 5.92. The number of methoxy groups -OCH3 is 2. The van der Waals surface area contributed by atoms with Gasteiger partial charge >= 0.3 is 11.9 Å². The van der Waals surface area contributed by atoms with Crippen molar-refractivity contribution >= 4 is 11.9 Å². The van der Waals surface area contributed by atoms with Crippen molar-refractivity contribution in [2.24, 2.45) is 0 Å². The fourth-order valence-electron chi connectivity index (χ4n) is 1.32. The van der Waals surface area contributed by atoms with Gasteiger partial charge in [-0.15, -0.1) is 0 Å². The molecule has 0 bridgehead atoms. The zero-order valence-electron chi connectivity index (χ0n) is 10.4. The van der Waals surface area contributed by atoms with Gasteiger partial charge in [-0.2, -0.15) is 0 Å². The highest BCUT2D eigenvalue weighted by atomic mass is 16.6. The van der Waals surface area contributed by atoms with E-state index in [1.807, 2.05) is 0 Å². The van der Waals surface area contributed by atoms with Crippen molar-refractivity contribution in [3.63, 3.8) is 0 Å². The second-order valence-corrected chi connectivity index (χ2v) is 3.44. The molecule has 0 aliphatic carbocycles. The molecule has 1 aromatic carbocycles. The Labute approximate surface area is 105 Å². The second-order valence-electron chi connectivity index (χ2n) is 3.44. The van der Waals surface area contributed by atoms with E-state index in [4.69, 9.17) is 4.74 Å². The van der Waals surface area contributed by atoms with Crippen molar-refractivity contribution in [3.8, 4) is 5.75 Å². The van der Waals surface area contributed by atoms with Crippen LogP contribution in [0.1, 0.15) is 15.9 Å². The first-order valence-electron chi connectivity index (χ1n) is 5.32. The average molecular weight is 254 g/mol. The molecule has 0 aliphatic heterocycles. The number of ether oxygens (including phenoxy) is 3. The van der Waals surface area contributed by atoms with Crippen LogP contribution in [0.25, 0.3) is 0 Å². The Kier molecular flexibility index (Phi) is 5.13. The van der Waals surface area contributed by atoms with Gasteiger partial charge in [-0.25, -0.2) is 9.59 Å². The van der Waals surface area contributed by atoms with Gasteiger partial charge in [0.05, 0.1) is 20.8 Å². The van der Waals surface area contributed by atoms with E-state index in [2.05, 4.69) is 15.2 Å². The number of carbonyl (C=O) groups is 2. The van der Waals surface area contributed by atoms with Gasteiger partial charge in [-0.1, -0.05) is 0 Å². The first-order valence-corrected chi connectivity index (χ1v) is 5.32. The molecule has 1 aromatic rings. The van der Waals surface area contributed by atoms with Gasteiger partial charge in [-0.05, 0) is 18.2 Å². The smallest absolute Gasteiger partial charge is 0.343 e. The molecule has 0 atom stereocenters. The van der Waals surface area contributed by atoms with Crippen molar-refractivity contribution in [1.82, 2.24) is 0 Å². The summed E-state index contributed by atoms with van der Waals surface area (Å²) in [4.78, 5) is 22.6. The largest absolute Gasteiger partial charge is 0.481 e. The molecule has 0 heterocycles. The monoisotopic (exact) mass is 254 g/mol. The van der Waals surface area contributed by atoms with Crippen LogP contribution >= 0.6 is 0 Å². The first-order chi connectivity index (χ1) is 8.62. The summed E-state index contributed by atoms with van der Waals surface area (Å²) in [6.07, 6.45) is 0. The van der Waals surface area contributed by atoms with E-state index in [1.54, 1.807) is 18.2 Å². The van der Waals surface area contributed by atoms with E-state index < -0.39 is 11.9 Å². The summed E-state index contributed by atoms with van der Waals surface area (Å²) in [6.45, 7) is 0.283. The van der Waals surface area contributed by atoms with E-state index in [0.717, 1.165) is 5.56 Å². The lowest BCUT2D eigenvalue weighted by Crippen LogP contribution is -2.47. The molecule has 98 valence electrons. The van der Waals surface area contributed by atoms with E-state index in [0.29, 0.717) is 6.54 Å². The summed E-state index contributed by atoms with van der Waals surface area (Å²) >= 11 is 0. The lowest BCUT2D eigenvalue weighted by molar-refractivity contribution is -0.386. The van der Waals surface area contributed by atoms with Crippen LogP contribution in [0.5, 0.6) is 5.75 Å². The number of benzene rings is 1. The molecule has 0 aliphatic rings. The standard InChI is InChI=1S/C12H15NO5/c1-16-11(14)7-18-10-4-3-8(6-13)5-9(10)12(15)17-2/h3-5H,6-7,13H2,1-2H3/p+1. The molecular weight excluding hydrogens is 238 g/mol. The Morgan fingerprint density at radius 2 is 1.94 bits per heavy atom. The maximum Gasteiger partial charge on any atom is 0.343 e. The highest BCUT2D eigenvalue weighted by Crippen LogP contribution is 2.21. The number of quaternary nitrogens is 1. The Bertz CT molecular complexity index is 444. The molecule has 18 heavy (non-hydrogen) atoms. The van der Waals surface area contributed by atoms with Gasteiger partial charge in [0.25, 0.3) is 0 Å². The molecule has 6 nitrogen and oxygen atoms in total. The molecule has 6 heteroatoms. The fraction of sp³-hybridized carbons (Fsp3) is 0.333. The third-order valence-corrected chi connectivity index (χ3v) is 2.31. The fourth-order valence-corrected chi connectivity index (χ4v) is 1.32. The third kappa shape index (κ3) is 3.46. The minimum absolute atomic E-state index is 0.260. The van der Waals surface area contributed by atoms with Crippen molar-refractivity contribution in [2.75, 3.05) is 20.8 Å². The Morgan fingerprint density at radius 1 is 1.22 bits per heavy atom. The molecule has 0 aromatic heterocycles. The molecule has 3 N–H and O–H groups in total. The van der Waals surface area contributed by atoms with E-state index in [-0.39, 0.29) is 17.9 Å². The molecule has 0 saturated heterocycles. The Hall–Kier alpha value is -2.08. The SMILES string of the molecule is COC(=O)COc1ccc(C[NH3+])cc1C(=O)OC. The van der Waals surface area contributed by atoms with Crippen molar-refractivity contribution in [1.29, 1.82) is 0 Å². The lowest BCUT2D eigenvalue weighted by Gasteiger charge is -2.10. The molecule has 0 radical (unpaired) electrons. The van der Waals surface area contributed by atoms with Crippen LogP contribution in [0.15, 0.2) is 18.2 Å². The van der Waals surface area contributed by atoms with E-state index in [9.17, 15) is 9.59 Å². The summed E-state index contributed by atoms with van der Waals surface area (Å²) in [5, 5.41) is 0. The summed E-state index contributed by atoms with van der Waals surface area (Å²) < 4.78 is 14.3. The third-order valence-electron chi connectivity index (χ3n) is 2.31. The average Bonchev–Trinajstić information content (AvgIpc) is 2.43. The minimum atomic E-state index is -0.523. The maximum absolute atomic E-state index is 11.6. The lowest BCUT2D eigenvalue weighted by atomic mass is 10.1.